The van der Waals surface area contributed by atoms with Gasteiger partial charge in [0.1, 0.15) is 5.60 Å². The van der Waals surface area contributed by atoms with E-state index in [4.69, 9.17) is 14.2 Å². The van der Waals surface area contributed by atoms with Crippen molar-refractivity contribution in [3.05, 3.63) is 35.9 Å². The number of hydrogen-bond donors (Lipinski definition) is 1. The molecule has 0 spiro atoms. The van der Waals surface area contributed by atoms with E-state index in [2.05, 4.69) is 11.2 Å². The molecule has 0 aliphatic heterocycles. The first-order valence-corrected chi connectivity index (χ1v) is 7.32. The zero-order valence-electron chi connectivity index (χ0n) is 13.1. The Labute approximate surface area is 130 Å². The van der Waals surface area contributed by atoms with Crippen molar-refractivity contribution in [3.8, 4) is 11.5 Å². The van der Waals surface area contributed by atoms with E-state index in [0.29, 0.717) is 23.6 Å². The predicted molar refractivity (Wildman–Crippen MR) is 83.2 cm³/mol. The van der Waals surface area contributed by atoms with Crippen LogP contribution >= 0.6 is 0 Å². The van der Waals surface area contributed by atoms with Crippen molar-refractivity contribution in [2.75, 3.05) is 21.3 Å². The van der Waals surface area contributed by atoms with E-state index in [0.717, 1.165) is 18.4 Å². The molecule has 0 amide bonds. The lowest BCUT2D eigenvalue weighted by atomic mass is 9.59. The molecule has 0 heterocycles. The van der Waals surface area contributed by atoms with Gasteiger partial charge in [-0.25, -0.2) is 0 Å². The van der Waals surface area contributed by atoms with E-state index in [1.807, 2.05) is 24.3 Å². The van der Waals surface area contributed by atoms with Gasteiger partial charge in [-0.05, 0) is 30.5 Å². The molecule has 3 aliphatic rings. The monoisotopic (exact) mass is 303 g/mol. The summed E-state index contributed by atoms with van der Waals surface area (Å²) in [7, 11) is 4.91. The lowest BCUT2D eigenvalue weighted by Gasteiger charge is -2.48. The molecular formula is C17H21NO4. The summed E-state index contributed by atoms with van der Waals surface area (Å²) in [6, 6.07) is 5.97. The molecule has 1 aromatic rings. The molecule has 4 rings (SSSR count). The highest BCUT2D eigenvalue weighted by Crippen LogP contribution is 2.50. The molecule has 3 aliphatic carbocycles. The van der Waals surface area contributed by atoms with Crippen LogP contribution in [0.15, 0.2) is 35.5 Å². The maximum atomic E-state index is 9.38. The molecule has 0 aromatic heterocycles. The van der Waals surface area contributed by atoms with Gasteiger partial charge in [-0.1, -0.05) is 23.4 Å². The molecule has 118 valence electrons. The minimum absolute atomic E-state index is 0.179. The van der Waals surface area contributed by atoms with Crippen LogP contribution in [0.5, 0.6) is 11.5 Å². The average Bonchev–Trinajstić information content (AvgIpc) is 2.61. The zero-order chi connectivity index (χ0) is 15.8. The molecular weight excluding hydrogens is 282 g/mol. The Morgan fingerprint density at radius 1 is 1.05 bits per heavy atom. The standard InChI is InChI=1S/C17H21NO4/c1-20-13-5-4-12(10-14(13)21-2)16-6-8-17(22-3,9-7-16)15(11-16)18-19/h4-6,8,10,19H,7,9,11H2,1-3H3/b18-15+. The van der Waals surface area contributed by atoms with Crippen LogP contribution in [-0.4, -0.2) is 37.8 Å². The van der Waals surface area contributed by atoms with E-state index in [1.165, 1.54) is 0 Å². The number of oxime groups is 1. The van der Waals surface area contributed by atoms with Crippen LogP contribution in [0.3, 0.4) is 0 Å². The summed E-state index contributed by atoms with van der Waals surface area (Å²) in [4.78, 5) is 0. The molecule has 0 radical (unpaired) electrons. The molecule has 0 saturated heterocycles. The smallest absolute Gasteiger partial charge is 0.161 e. The molecule has 1 saturated carbocycles. The number of ether oxygens (including phenoxy) is 3. The van der Waals surface area contributed by atoms with Gasteiger partial charge in [-0.2, -0.15) is 0 Å². The lowest BCUT2D eigenvalue weighted by molar-refractivity contribution is 0.0524. The Balaban J connectivity index is 2.06. The molecule has 2 bridgehead atoms. The van der Waals surface area contributed by atoms with Crippen molar-refractivity contribution in [2.45, 2.75) is 30.3 Å². The highest BCUT2D eigenvalue weighted by atomic mass is 16.5. The van der Waals surface area contributed by atoms with E-state index in [-0.39, 0.29) is 5.41 Å². The van der Waals surface area contributed by atoms with Crippen LogP contribution in [0.1, 0.15) is 24.8 Å². The number of methoxy groups -OCH3 is 3. The van der Waals surface area contributed by atoms with Gasteiger partial charge in [0.2, 0.25) is 0 Å². The number of allylic oxidation sites excluding steroid dienone is 1. The fourth-order valence-electron chi connectivity index (χ4n) is 3.60. The number of benzene rings is 1. The van der Waals surface area contributed by atoms with Gasteiger partial charge >= 0.3 is 0 Å². The summed E-state index contributed by atoms with van der Waals surface area (Å²) in [5.41, 5.74) is 1.08. The zero-order valence-corrected chi connectivity index (χ0v) is 13.1. The summed E-state index contributed by atoms with van der Waals surface area (Å²) >= 11 is 0. The third-order valence-corrected chi connectivity index (χ3v) is 5.03. The van der Waals surface area contributed by atoms with E-state index in [1.54, 1.807) is 21.3 Å². The summed E-state index contributed by atoms with van der Waals surface area (Å²) in [6.07, 6.45) is 6.57. The third-order valence-electron chi connectivity index (χ3n) is 5.03. The molecule has 22 heavy (non-hydrogen) atoms. The molecule has 5 heteroatoms. The summed E-state index contributed by atoms with van der Waals surface area (Å²) in [6.45, 7) is 0. The predicted octanol–water partition coefficient (Wildman–Crippen LogP) is 2.91. The normalized spacial score (nSPS) is 31.5. The maximum absolute atomic E-state index is 9.38. The van der Waals surface area contributed by atoms with Gasteiger partial charge in [-0.3, -0.25) is 0 Å². The highest BCUT2D eigenvalue weighted by Gasteiger charge is 2.50. The Kier molecular flexibility index (Phi) is 3.60. The second kappa shape index (κ2) is 5.32. The molecule has 2 atom stereocenters. The SMILES string of the molecule is COc1ccc(C23C=CC(OC)(CC2)/C(=N/O)C3)cc1OC. The largest absolute Gasteiger partial charge is 0.493 e. The fraction of sp³-hybridized carbons (Fsp3) is 0.471. The van der Waals surface area contributed by atoms with Crippen molar-refractivity contribution < 1.29 is 19.4 Å². The van der Waals surface area contributed by atoms with Gasteiger partial charge in [0.15, 0.2) is 11.5 Å². The van der Waals surface area contributed by atoms with Crippen molar-refractivity contribution in [1.82, 2.24) is 0 Å². The Bertz CT molecular complexity index is 640. The Morgan fingerprint density at radius 2 is 1.82 bits per heavy atom. The van der Waals surface area contributed by atoms with Gasteiger partial charge in [0.05, 0.1) is 19.9 Å². The second-order valence-corrected chi connectivity index (χ2v) is 5.88. The number of hydrogen-bond acceptors (Lipinski definition) is 5. The topological polar surface area (TPSA) is 60.3 Å². The summed E-state index contributed by atoms with van der Waals surface area (Å²) in [5, 5.41) is 12.9. The van der Waals surface area contributed by atoms with Crippen LogP contribution in [-0.2, 0) is 10.2 Å². The van der Waals surface area contributed by atoms with Gasteiger partial charge in [0.25, 0.3) is 0 Å². The second-order valence-electron chi connectivity index (χ2n) is 5.88. The Morgan fingerprint density at radius 3 is 2.36 bits per heavy atom. The quantitative estimate of drug-likeness (QED) is 0.528. The lowest BCUT2D eigenvalue weighted by Crippen LogP contribution is -2.52. The minimum atomic E-state index is -0.549. The van der Waals surface area contributed by atoms with E-state index < -0.39 is 5.60 Å². The van der Waals surface area contributed by atoms with Crippen molar-refractivity contribution >= 4 is 5.71 Å². The van der Waals surface area contributed by atoms with Crippen LogP contribution in [0, 0.1) is 0 Å². The van der Waals surface area contributed by atoms with Crippen LogP contribution < -0.4 is 9.47 Å². The highest BCUT2D eigenvalue weighted by molar-refractivity contribution is 5.97. The fourth-order valence-corrected chi connectivity index (χ4v) is 3.60. The van der Waals surface area contributed by atoms with Crippen molar-refractivity contribution in [1.29, 1.82) is 0 Å². The van der Waals surface area contributed by atoms with Crippen molar-refractivity contribution in [3.63, 3.8) is 0 Å². The molecule has 1 fully saturated rings. The van der Waals surface area contributed by atoms with E-state index >= 15 is 0 Å². The summed E-state index contributed by atoms with van der Waals surface area (Å²) in [5.74, 6) is 1.42. The number of fused-ring (bicyclic) bond motifs is 2. The van der Waals surface area contributed by atoms with E-state index in [9.17, 15) is 5.21 Å². The van der Waals surface area contributed by atoms with Crippen LogP contribution in [0.4, 0.5) is 0 Å². The number of rotatable bonds is 4. The summed E-state index contributed by atoms with van der Waals surface area (Å²) < 4.78 is 16.3. The minimum Gasteiger partial charge on any atom is -0.493 e. The van der Waals surface area contributed by atoms with Gasteiger partial charge < -0.3 is 19.4 Å². The first-order valence-electron chi connectivity index (χ1n) is 7.32. The first kappa shape index (κ1) is 14.9. The molecule has 5 nitrogen and oxygen atoms in total. The maximum Gasteiger partial charge on any atom is 0.161 e. The first-order chi connectivity index (χ1) is 10.6. The van der Waals surface area contributed by atoms with Gasteiger partial charge in [-0.15, -0.1) is 0 Å². The van der Waals surface area contributed by atoms with Crippen LogP contribution in [0.2, 0.25) is 0 Å². The Hall–Kier alpha value is -2.01. The molecule has 1 N–H and O–H groups in total. The number of nitrogens with zero attached hydrogens (tertiary/aromatic N) is 1. The van der Waals surface area contributed by atoms with Gasteiger partial charge in [0, 0.05) is 18.9 Å². The third kappa shape index (κ3) is 2.00. The van der Waals surface area contributed by atoms with Crippen LogP contribution in [0.25, 0.3) is 0 Å². The molecule has 1 aromatic carbocycles. The molecule has 2 unspecified atom stereocenters. The van der Waals surface area contributed by atoms with Crippen molar-refractivity contribution in [2.24, 2.45) is 5.16 Å². The average molecular weight is 303 g/mol.